The Bertz CT molecular complexity index is 1460. The fourth-order valence-electron chi connectivity index (χ4n) is 3.66. The number of hydrogen-bond acceptors (Lipinski definition) is 8. The molecule has 0 bridgehead atoms. The molecule has 5 rings (SSSR count). The van der Waals surface area contributed by atoms with Crippen molar-refractivity contribution in [2.45, 2.75) is 18.1 Å². The molecule has 0 unspecified atom stereocenters. The van der Waals surface area contributed by atoms with Gasteiger partial charge in [0.15, 0.2) is 32.0 Å². The standard InChI is InChI=1S/C19H18F3N7O3S/c1-2-33(30,31)18-15(16-24-13-11-12(19(20,21)22)4-6-28(13)25-16)17-23-5-3-14(29(17)26-18)27-7-9-32-10-8-27/h3-6,11H,2,7-10H2,1H3. The second kappa shape index (κ2) is 7.66. The molecule has 174 valence electrons. The first-order chi connectivity index (χ1) is 15.7. The van der Waals surface area contributed by atoms with Crippen molar-refractivity contribution in [2.24, 2.45) is 0 Å². The molecule has 14 heteroatoms. The molecule has 0 spiro atoms. The molecule has 0 atom stereocenters. The number of alkyl halides is 3. The molecule has 0 aromatic carbocycles. The van der Waals surface area contributed by atoms with Crippen LogP contribution in [0.15, 0.2) is 35.6 Å². The van der Waals surface area contributed by atoms with Gasteiger partial charge in [-0.1, -0.05) is 6.92 Å². The van der Waals surface area contributed by atoms with Gasteiger partial charge in [0.2, 0.25) is 0 Å². The van der Waals surface area contributed by atoms with Crippen LogP contribution in [0.25, 0.3) is 22.7 Å². The summed E-state index contributed by atoms with van der Waals surface area (Å²) in [6.07, 6.45) is -1.91. The maximum absolute atomic E-state index is 13.1. The molecule has 0 aliphatic carbocycles. The Morgan fingerprint density at radius 2 is 1.91 bits per heavy atom. The normalized spacial score (nSPS) is 15.6. The summed E-state index contributed by atoms with van der Waals surface area (Å²) >= 11 is 0. The number of fused-ring (bicyclic) bond motifs is 2. The smallest absolute Gasteiger partial charge is 0.378 e. The highest BCUT2D eigenvalue weighted by molar-refractivity contribution is 7.91. The van der Waals surface area contributed by atoms with E-state index >= 15 is 0 Å². The number of aromatic nitrogens is 6. The lowest BCUT2D eigenvalue weighted by atomic mass is 10.2. The van der Waals surface area contributed by atoms with Crippen LogP contribution in [-0.4, -0.2) is 69.7 Å². The van der Waals surface area contributed by atoms with Crippen LogP contribution in [-0.2, 0) is 20.8 Å². The number of rotatable bonds is 4. The number of halogens is 3. The minimum absolute atomic E-state index is 0.0456. The van der Waals surface area contributed by atoms with E-state index in [1.165, 1.54) is 17.6 Å². The Morgan fingerprint density at radius 1 is 1.15 bits per heavy atom. The Hall–Kier alpha value is -3.26. The molecule has 10 nitrogen and oxygen atoms in total. The first-order valence-electron chi connectivity index (χ1n) is 10.1. The average molecular weight is 481 g/mol. The zero-order valence-corrected chi connectivity index (χ0v) is 18.1. The van der Waals surface area contributed by atoms with Gasteiger partial charge in [-0.15, -0.1) is 5.10 Å². The molecular weight excluding hydrogens is 463 g/mol. The zero-order valence-electron chi connectivity index (χ0n) is 17.3. The van der Waals surface area contributed by atoms with E-state index in [9.17, 15) is 21.6 Å². The molecule has 4 aromatic rings. The Balaban J connectivity index is 1.75. The number of pyridine rings is 1. The van der Waals surface area contributed by atoms with Crippen molar-refractivity contribution in [1.29, 1.82) is 0 Å². The van der Waals surface area contributed by atoms with Crippen molar-refractivity contribution in [3.05, 3.63) is 36.2 Å². The quantitative estimate of drug-likeness (QED) is 0.436. The minimum atomic E-state index is -4.55. The summed E-state index contributed by atoms with van der Waals surface area (Å²) in [5, 5.41) is 8.30. The van der Waals surface area contributed by atoms with Crippen molar-refractivity contribution in [2.75, 3.05) is 37.0 Å². The number of nitrogens with zero attached hydrogens (tertiary/aromatic N) is 7. The SMILES string of the molecule is CCS(=O)(=O)c1nn2c(N3CCOCC3)ccnc2c1-c1nc2cc(C(F)(F)F)ccn2n1. The lowest BCUT2D eigenvalue weighted by Gasteiger charge is -2.28. The Labute approximate surface area is 185 Å². The van der Waals surface area contributed by atoms with Crippen molar-refractivity contribution in [3.8, 4) is 11.4 Å². The van der Waals surface area contributed by atoms with Gasteiger partial charge in [0.25, 0.3) is 0 Å². The van der Waals surface area contributed by atoms with Crippen LogP contribution in [0.4, 0.5) is 19.0 Å². The summed E-state index contributed by atoms with van der Waals surface area (Å²) in [5.74, 6) is 0.302. The van der Waals surface area contributed by atoms with Crippen LogP contribution in [0.3, 0.4) is 0 Å². The fraction of sp³-hybridized carbons (Fsp3) is 0.368. The highest BCUT2D eigenvalue weighted by Gasteiger charge is 2.32. The molecule has 5 heterocycles. The highest BCUT2D eigenvalue weighted by atomic mass is 32.2. The molecule has 1 aliphatic heterocycles. The van der Waals surface area contributed by atoms with Crippen LogP contribution in [0.1, 0.15) is 12.5 Å². The van der Waals surface area contributed by atoms with E-state index in [1.807, 2.05) is 4.90 Å². The second-order valence-electron chi connectivity index (χ2n) is 7.37. The zero-order chi connectivity index (χ0) is 23.4. The number of morpholine rings is 1. The van der Waals surface area contributed by atoms with Crippen molar-refractivity contribution < 1.29 is 26.3 Å². The number of ether oxygens (including phenoxy) is 1. The Kier molecular flexibility index (Phi) is 5.01. The second-order valence-corrected chi connectivity index (χ2v) is 9.57. The van der Waals surface area contributed by atoms with E-state index in [2.05, 4.69) is 20.2 Å². The third kappa shape index (κ3) is 3.68. The predicted molar refractivity (Wildman–Crippen MR) is 111 cm³/mol. The monoisotopic (exact) mass is 481 g/mol. The third-order valence-corrected chi connectivity index (χ3v) is 7.00. The summed E-state index contributed by atoms with van der Waals surface area (Å²) in [5.41, 5.74) is -0.728. The summed E-state index contributed by atoms with van der Waals surface area (Å²) in [4.78, 5) is 10.5. The van der Waals surface area contributed by atoms with Gasteiger partial charge in [-0.05, 0) is 18.2 Å². The third-order valence-electron chi connectivity index (χ3n) is 5.36. The summed E-state index contributed by atoms with van der Waals surface area (Å²) < 4.78 is 73.1. The summed E-state index contributed by atoms with van der Waals surface area (Å²) in [6.45, 7) is 3.65. The van der Waals surface area contributed by atoms with E-state index in [0.717, 1.165) is 22.8 Å². The molecule has 1 fully saturated rings. The van der Waals surface area contributed by atoms with Crippen LogP contribution in [0.5, 0.6) is 0 Å². The van der Waals surface area contributed by atoms with Crippen LogP contribution in [0.2, 0.25) is 0 Å². The summed E-state index contributed by atoms with van der Waals surface area (Å²) in [7, 11) is -3.84. The van der Waals surface area contributed by atoms with Gasteiger partial charge in [-0.3, -0.25) is 0 Å². The predicted octanol–water partition coefficient (Wildman–Crippen LogP) is 2.09. The van der Waals surface area contributed by atoms with Crippen molar-refractivity contribution in [3.63, 3.8) is 0 Å². The molecule has 4 aromatic heterocycles. The Morgan fingerprint density at radius 3 is 2.61 bits per heavy atom. The van der Waals surface area contributed by atoms with E-state index in [0.29, 0.717) is 32.1 Å². The molecule has 0 saturated carbocycles. The number of hydrogen-bond donors (Lipinski definition) is 0. The van der Waals surface area contributed by atoms with Crippen LogP contribution in [0, 0.1) is 0 Å². The molecule has 1 saturated heterocycles. The molecule has 33 heavy (non-hydrogen) atoms. The van der Waals surface area contributed by atoms with Gasteiger partial charge < -0.3 is 9.64 Å². The van der Waals surface area contributed by atoms with E-state index in [4.69, 9.17) is 4.74 Å². The lowest BCUT2D eigenvalue weighted by molar-refractivity contribution is -0.137. The van der Waals surface area contributed by atoms with E-state index in [1.54, 1.807) is 6.07 Å². The summed E-state index contributed by atoms with van der Waals surface area (Å²) in [6, 6.07) is 3.44. The van der Waals surface area contributed by atoms with Gasteiger partial charge in [0, 0.05) is 25.5 Å². The lowest BCUT2D eigenvalue weighted by Crippen LogP contribution is -2.37. The van der Waals surface area contributed by atoms with Gasteiger partial charge in [-0.2, -0.15) is 22.8 Å². The first kappa shape index (κ1) is 21.6. The molecule has 1 aliphatic rings. The van der Waals surface area contributed by atoms with Gasteiger partial charge >= 0.3 is 6.18 Å². The van der Waals surface area contributed by atoms with Gasteiger partial charge in [0.05, 0.1) is 24.5 Å². The number of anilines is 1. The minimum Gasteiger partial charge on any atom is -0.378 e. The molecule has 0 N–H and O–H groups in total. The molecule has 0 amide bonds. The maximum atomic E-state index is 13.1. The van der Waals surface area contributed by atoms with Gasteiger partial charge in [0.1, 0.15) is 11.4 Å². The van der Waals surface area contributed by atoms with Crippen molar-refractivity contribution in [1.82, 2.24) is 29.2 Å². The fourth-order valence-corrected chi connectivity index (χ4v) is 4.63. The molecular formula is C19H18F3N7O3S. The van der Waals surface area contributed by atoms with Crippen LogP contribution < -0.4 is 4.90 Å². The van der Waals surface area contributed by atoms with Crippen LogP contribution >= 0.6 is 0 Å². The largest absolute Gasteiger partial charge is 0.416 e. The van der Waals surface area contributed by atoms with Gasteiger partial charge in [-0.25, -0.2) is 22.9 Å². The topological polar surface area (TPSA) is 107 Å². The van der Waals surface area contributed by atoms with Crippen molar-refractivity contribution >= 4 is 26.9 Å². The number of sulfone groups is 1. The molecule has 0 radical (unpaired) electrons. The maximum Gasteiger partial charge on any atom is 0.416 e. The van der Waals surface area contributed by atoms with E-state index in [-0.39, 0.29) is 33.5 Å². The average Bonchev–Trinajstić information content (AvgIpc) is 3.40. The van der Waals surface area contributed by atoms with E-state index < -0.39 is 21.6 Å². The highest BCUT2D eigenvalue weighted by Crippen LogP contribution is 2.33. The first-order valence-corrected chi connectivity index (χ1v) is 11.7.